The molecule has 0 saturated carbocycles. The van der Waals surface area contributed by atoms with Gasteiger partial charge in [-0.3, -0.25) is 4.68 Å². The molecule has 1 aliphatic rings. The minimum Gasteiger partial charge on any atom is -0.311 e. The van der Waals surface area contributed by atoms with Crippen LogP contribution in [-0.2, 0) is 6.42 Å². The third kappa shape index (κ3) is 3.14. The van der Waals surface area contributed by atoms with Gasteiger partial charge in [-0.25, -0.2) is 0 Å². The molecule has 0 bridgehead atoms. The molecule has 18 heavy (non-hydrogen) atoms. The summed E-state index contributed by atoms with van der Waals surface area (Å²) < 4.78 is 2.06. The van der Waals surface area contributed by atoms with Crippen LogP contribution in [0.25, 0.3) is 0 Å². The molecule has 1 aromatic heterocycles. The lowest BCUT2D eigenvalue weighted by Gasteiger charge is -2.31. The van der Waals surface area contributed by atoms with Crippen LogP contribution in [-0.4, -0.2) is 21.9 Å². The molecule has 2 heterocycles. The summed E-state index contributed by atoms with van der Waals surface area (Å²) in [4.78, 5) is 0. The van der Waals surface area contributed by atoms with Crippen LogP contribution in [0.15, 0.2) is 12.4 Å². The van der Waals surface area contributed by atoms with Crippen molar-refractivity contribution < 1.29 is 0 Å². The van der Waals surface area contributed by atoms with Crippen molar-refractivity contribution in [1.29, 1.82) is 0 Å². The van der Waals surface area contributed by atoms with Crippen molar-refractivity contribution in [2.45, 2.75) is 65.0 Å². The van der Waals surface area contributed by atoms with Crippen LogP contribution in [0.2, 0.25) is 0 Å². The maximum Gasteiger partial charge on any atom is 0.0522 e. The SMILES string of the molecule is CC(C)CC1(Cc2cnn(C(C)C)c2)CCCN1. The van der Waals surface area contributed by atoms with Gasteiger partial charge in [0, 0.05) is 17.8 Å². The van der Waals surface area contributed by atoms with Crippen molar-refractivity contribution in [3.05, 3.63) is 18.0 Å². The van der Waals surface area contributed by atoms with Crippen LogP contribution in [0.3, 0.4) is 0 Å². The molecule has 0 radical (unpaired) electrons. The van der Waals surface area contributed by atoms with Crippen molar-refractivity contribution in [1.82, 2.24) is 15.1 Å². The molecule has 1 unspecified atom stereocenters. The van der Waals surface area contributed by atoms with Crippen LogP contribution in [0.4, 0.5) is 0 Å². The summed E-state index contributed by atoms with van der Waals surface area (Å²) in [6, 6.07) is 0.455. The fourth-order valence-corrected chi connectivity index (χ4v) is 3.19. The van der Waals surface area contributed by atoms with Crippen LogP contribution < -0.4 is 5.32 Å². The zero-order valence-corrected chi connectivity index (χ0v) is 12.2. The van der Waals surface area contributed by atoms with E-state index in [-0.39, 0.29) is 0 Å². The predicted octanol–water partition coefficient (Wildman–Crippen LogP) is 3.17. The van der Waals surface area contributed by atoms with Crippen molar-refractivity contribution >= 4 is 0 Å². The molecule has 1 N–H and O–H groups in total. The Hall–Kier alpha value is -0.830. The molecule has 0 aromatic carbocycles. The molecule has 0 amide bonds. The Labute approximate surface area is 111 Å². The minimum atomic E-state index is 0.318. The zero-order chi connectivity index (χ0) is 13.2. The van der Waals surface area contributed by atoms with Crippen LogP contribution in [0.1, 0.15) is 58.6 Å². The van der Waals surface area contributed by atoms with Crippen molar-refractivity contribution in [3.63, 3.8) is 0 Å². The zero-order valence-electron chi connectivity index (χ0n) is 12.2. The molecular formula is C15H27N3. The van der Waals surface area contributed by atoms with E-state index in [2.05, 4.69) is 49.0 Å². The summed E-state index contributed by atoms with van der Waals surface area (Å²) in [6.07, 6.45) is 9.26. The van der Waals surface area contributed by atoms with E-state index in [1.54, 1.807) is 0 Å². The normalized spacial score (nSPS) is 24.3. The molecule has 3 heteroatoms. The van der Waals surface area contributed by atoms with Crippen molar-refractivity contribution in [2.75, 3.05) is 6.54 Å². The molecular weight excluding hydrogens is 222 g/mol. The van der Waals surface area contributed by atoms with E-state index in [1.807, 2.05) is 6.20 Å². The molecule has 102 valence electrons. The second-order valence-corrected chi connectivity index (χ2v) is 6.51. The first-order chi connectivity index (χ1) is 8.51. The molecule has 1 saturated heterocycles. The monoisotopic (exact) mass is 249 g/mol. The fraction of sp³-hybridized carbons (Fsp3) is 0.800. The van der Waals surface area contributed by atoms with Crippen LogP contribution >= 0.6 is 0 Å². The van der Waals surface area contributed by atoms with Crippen LogP contribution in [0.5, 0.6) is 0 Å². The van der Waals surface area contributed by atoms with E-state index in [4.69, 9.17) is 0 Å². The van der Waals surface area contributed by atoms with Gasteiger partial charge < -0.3 is 5.32 Å². The Morgan fingerprint density at radius 1 is 1.39 bits per heavy atom. The average Bonchev–Trinajstić information content (AvgIpc) is 2.87. The minimum absolute atomic E-state index is 0.318. The van der Waals surface area contributed by atoms with E-state index >= 15 is 0 Å². The van der Waals surface area contributed by atoms with Gasteiger partial charge in [0.25, 0.3) is 0 Å². The Morgan fingerprint density at radius 2 is 2.17 bits per heavy atom. The highest BCUT2D eigenvalue weighted by Gasteiger charge is 2.34. The molecule has 3 nitrogen and oxygen atoms in total. The number of rotatable bonds is 5. The number of hydrogen-bond donors (Lipinski definition) is 1. The third-order valence-electron chi connectivity index (χ3n) is 3.86. The first-order valence-corrected chi connectivity index (χ1v) is 7.29. The number of nitrogens with zero attached hydrogens (tertiary/aromatic N) is 2. The van der Waals surface area contributed by atoms with Gasteiger partial charge in [0.15, 0.2) is 0 Å². The lowest BCUT2D eigenvalue weighted by atomic mass is 9.83. The highest BCUT2D eigenvalue weighted by molar-refractivity contribution is 5.12. The van der Waals surface area contributed by atoms with Gasteiger partial charge in [0.1, 0.15) is 0 Å². The second kappa shape index (κ2) is 5.43. The molecule has 1 atom stereocenters. The van der Waals surface area contributed by atoms with E-state index in [0.29, 0.717) is 11.6 Å². The Kier molecular flexibility index (Phi) is 4.10. The van der Waals surface area contributed by atoms with Gasteiger partial charge in [0.2, 0.25) is 0 Å². The average molecular weight is 249 g/mol. The lowest BCUT2D eigenvalue weighted by Crippen LogP contribution is -2.43. The van der Waals surface area contributed by atoms with Crippen molar-refractivity contribution in [2.24, 2.45) is 5.92 Å². The van der Waals surface area contributed by atoms with Gasteiger partial charge >= 0.3 is 0 Å². The number of aromatic nitrogens is 2. The number of nitrogens with one attached hydrogen (secondary N) is 1. The first-order valence-electron chi connectivity index (χ1n) is 7.29. The van der Waals surface area contributed by atoms with Gasteiger partial charge in [-0.2, -0.15) is 5.10 Å². The maximum atomic E-state index is 4.46. The van der Waals surface area contributed by atoms with Gasteiger partial charge in [-0.15, -0.1) is 0 Å². The molecule has 0 spiro atoms. The van der Waals surface area contributed by atoms with E-state index < -0.39 is 0 Å². The van der Waals surface area contributed by atoms with Gasteiger partial charge in [0.05, 0.1) is 6.20 Å². The topological polar surface area (TPSA) is 29.9 Å². The molecule has 0 aliphatic carbocycles. The molecule has 1 aliphatic heterocycles. The smallest absolute Gasteiger partial charge is 0.0522 e. The highest BCUT2D eigenvalue weighted by atomic mass is 15.3. The maximum absolute atomic E-state index is 4.46. The van der Waals surface area contributed by atoms with Crippen LogP contribution in [0, 0.1) is 5.92 Å². The summed E-state index contributed by atoms with van der Waals surface area (Å²) in [5.74, 6) is 0.746. The predicted molar refractivity (Wildman–Crippen MR) is 75.7 cm³/mol. The highest BCUT2D eigenvalue weighted by Crippen LogP contribution is 2.30. The van der Waals surface area contributed by atoms with E-state index in [1.165, 1.54) is 31.4 Å². The second-order valence-electron chi connectivity index (χ2n) is 6.51. The lowest BCUT2D eigenvalue weighted by molar-refractivity contribution is 0.301. The van der Waals surface area contributed by atoms with Gasteiger partial charge in [-0.1, -0.05) is 13.8 Å². The largest absolute Gasteiger partial charge is 0.311 e. The Morgan fingerprint density at radius 3 is 2.67 bits per heavy atom. The van der Waals surface area contributed by atoms with E-state index in [0.717, 1.165) is 12.3 Å². The standard InChI is InChI=1S/C15H27N3/c1-12(2)8-15(6-5-7-16-15)9-14-10-17-18(11-14)13(3)4/h10-13,16H,5-9H2,1-4H3. The quantitative estimate of drug-likeness (QED) is 0.868. The first kappa shape index (κ1) is 13.6. The van der Waals surface area contributed by atoms with Crippen molar-refractivity contribution in [3.8, 4) is 0 Å². The third-order valence-corrected chi connectivity index (χ3v) is 3.86. The Bertz CT molecular complexity index is 373. The summed E-state index contributed by atoms with van der Waals surface area (Å²) >= 11 is 0. The number of hydrogen-bond acceptors (Lipinski definition) is 2. The molecule has 1 fully saturated rings. The van der Waals surface area contributed by atoms with Gasteiger partial charge in [-0.05, 0) is 57.6 Å². The summed E-state index contributed by atoms with van der Waals surface area (Å²) in [6.45, 7) is 10.2. The summed E-state index contributed by atoms with van der Waals surface area (Å²) in [7, 11) is 0. The molecule has 2 rings (SSSR count). The Balaban J connectivity index is 2.08. The fourth-order valence-electron chi connectivity index (χ4n) is 3.19. The summed E-state index contributed by atoms with van der Waals surface area (Å²) in [5, 5.41) is 8.21. The summed E-state index contributed by atoms with van der Waals surface area (Å²) in [5.41, 5.74) is 1.69. The molecule has 1 aromatic rings. The van der Waals surface area contributed by atoms with E-state index in [9.17, 15) is 0 Å².